The smallest absolute Gasteiger partial charge is 0.0497 e. The molecule has 0 amide bonds. The topological polar surface area (TPSA) is 6.48 Å². The van der Waals surface area contributed by atoms with Gasteiger partial charge in [-0.3, -0.25) is 0 Å². The van der Waals surface area contributed by atoms with Crippen LogP contribution in [0.4, 0.5) is 28.4 Å². The van der Waals surface area contributed by atoms with Crippen molar-refractivity contribution in [3.05, 3.63) is 221 Å². The van der Waals surface area contributed by atoms with Crippen molar-refractivity contribution in [2.75, 3.05) is 16.3 Å². The van der Waals surface area contributed by atoms with Crippen molar-refractivity contribution in [3.8, 4) is 22.3 Å². The lowest BCUT2D eigenvalue weighted by Gasteiger charge is -2.33. The van der Waals surface area contributed by atoms with Gasteiger partial charge in [-0.25, -0.2) is 0 Å². The molecule has 61 heavy (non-hydrogen) atoms. The number of hydrogen-bond acceptors (Lipinski definition) is 2. The zero-order valence-electron chi connectivity index (χ0n) is 34.7. The van der Waals surface area contributed by atoms with Crippen LogP contribution >= 0.6 is 0 Å². The zero-order chi connectivity index (χ0) is 40.7. The molecule has 0 spiro atoms. The van der Waals surface area contributed by atoms with E-state index < -0.39 is 0 Å². The molecule has 0 saturated heterocycles. The number of rotatable bonds is 5. The van der Waals surface area contributed by atoms with E-state index in [2.05, 4.69) is 218 Å². The van der Waals surface area contributed by atoms with Crippen LogP contribution in [0.1, 0.15) is 59.2 Å². The highest BCUT2D eigenvalue weighted by Crippen LogP contribution is 2.51. The van der Waals surface area contributed by atoms with Gasteiger partial charge in [-0.15, -0.1) is 0 Å². The quantitative estimate of drug-likeness (QED) is 0.160. The number of anilines is 5. The number of aryl methyl sites for hydroxylation is 1. The van der Waals surface area contributed by atoms with E-state index in [0.717, 1.165) is 19.4 Å². The van der Waals surface area contributed by atoms with Gasteiger partial charge in [-0.2, -0.15) is 0 Å². The van der Waals surface area contributed by atoms with E-state index in [4.69, 9.17) is 0 Å². The fourth-order valence-corrected chi connectivity index (χ4v) is 10.6. The van der Waals surface area contributed by atoms with Gasteiger partial charge in [0.1, 0.15) is 0 Å². The monoisotopic (exact) mass is 782 g/mol. The van der Waals surface area contributed by atoms with E-state index in [0.29, 0.717) is 0 Å². The molecule has 9 aromatic carbocycles. The predicted molar refractivity (Wildman–Crippen MR) is 259 cm³/mol. The molecule has 0 radical (unpaired) electrons. The fraction of sp³-hybridized carbons (Fsp3) is 0.119. The Bertz CT molecular complexity index is 3210. The van der Waals surface area contributed by atoms with E-state index in [-0.39, 0.29) is 5.41 Å². The van der Waals surface area contributed by atoms with Gasteiger partial charge in [0.2, 0.25) is 0 Å². The van der Waals surface area contributed by atoms with Gasteiger partial charge < -0.3 is 9.80 Å². The Hall–Kier alpha value is -7.16. The van der Waals surface area contributed by atoms with Crippen LogP contribution in [-0.2, 0) is 18.3 Å². The Kier molecular flexibility index (Phi) is 8.19. The van der Waals surface area contributed by atoms with E-state index in [1.54, 1.807) is 0 Å². The third-order valence-corrected chi connectivity index (χ3v) is 13.8. The molecule has 9 aromatic rings. The predicted octanol–water partition coefficient (Wildman–Crippen LogP) is 15.6. The molecule has 1 aliphatic carbocycles. The van der Waals surface area contributed by atoms with Gasteiger partial charge in [0.05, 0.1) is 0 Å². The standard InChI is InChI=1S/C59H46N2/c1-59(2)54-34-39(22-30-52(54)53-32-29-47(38-55(53)59)60-33-11-15-41-12-3-8-18-56(41)60)21-23-40-27-31-50(51-17-7-6-16-49(40)51)44-25-24-43-37-48(28-26-42(43)35-44)61-57-19-9-4-13-45(57)36-46-14-5-10-20-58(46)61/h3-10,12-14,16-32,34-35,37-38H,11,15,33,36H2,1-2H3/b23-21+. The minimum Gasteiger partial charge on any atom is -0.341 e. The summed E-state index contributed by atoms with van der Waals surface area (Å²) >= 11 is 0. The number of benzene rings is 9. The number of para-hydroxylation sites is 3. The summed E-state index contributed by atoms with van der Waals surface area (Å²) in [6.07, 6.45) is 7.89. The molecule has 2 nitrogen and oxygen atoms in total. The summed E-state index contributed by atoms with van der Waals surface area (Å²) in [5, 5.41) is 5.00. The van der Waals surface area contributed by atoms with Gasteiger partial charge in [0, 0.05) is 46.8 Å². The third kappa shape index (κ3) is 5.85. The van der Waals surface area contributed by atoms with Gasteiger partial charge >= 0.3 is 0 Å². The Morgan fingerprint density at radius 2 is 1.10 bits per heavy atom. The molecule has 0 atom stereocenters. The van der Waals surface area contributed by atoms with Crippen LogP contribution in [0.15, 0.2) is 182 Å². The average molecular weight is 783 g/mol. The molecule has 12 rings (SSSR count). The van der Waals surface area contributed by atoms with Crippen LogP contribution in [0.5, 0.6) is 0 Å². The first kappa shape index (κ1) is 35.8. The molecular weight excluding hydrogens is 737 g/mol. The summed E-state index contributed by atoms with van der Waals surface area (Å²) in [4.78, 5) is 4.95. The lowest BCUT2D eigenvalue weighted by atomic mass is 9.81. The second kappa shape index (κ2) is 14.0. The second-order valence-electron chi connectivity index (χ2n) is 17.6. The first-order valence-electron chi connectivity index (χ1n) is 21.8. The van der Waals surface area contributed by atoms with E-state index >= 15 is 0 Å². The summed E-state index contributed by atoms with van der Waals surface area (Å²) in [6.45, 7) is 5.84. The maximum Gasteiger partial charge on any atom is 0.0497 e. The maximum absolute atomic E-state index is 2.52. The average Bonchev–Trinajstić information content (AvgIpc) is 3.53. The second-order valence-corrected chi connectivity index (χ2v) is 17.6. The number of nitrogens with zero attached hydrogens (tertiary/aromatic N) is 2. The van der Waals surface area contributed by atoms with E-state index in [9.17, 15) is 0 Å². The zero-order valence-corrected chi connectivity index (χ0v) is 34.7. The van der Waals surface area contributed by atoms with Crippen LogP contribution in [0.2, 0.25) is 0 Å². The van der Waals surface area contributed by atoms with Crippen LogP contribution < -0.4 is 9.80 Å². The van der Waals surface area contributed by atoms with Crippen molar-refractivity contribution in [1.82, 2.24) is 0 Å². The van der Waals surface area contributed by atoms with Crippen LogP contribution in [0.25, 0.3) is 56.0 Å². The summed E-state index contributed by atoms with van der Waals surface area (Å²) in [5.41, 5.74) is 20.9. The summed E-state index contributed by atoms with van der Waals surface area (Å²) < 4.78 is 0. The Morgan fingerprint density at radius 1 is 0.475 bits per heavy atom. The van der Waals surface area contributed by atoms with Crippen LogP contribution in [-0.4, -0.2) is 6.54 Å². The minimum absolute atomic E-state index is 0.0972. The summed E-state index contributed by atoms with van der Waals surface area (Å²) in [6, 6.07) is 68.0. The highest BCUT2D eigenvalue weighted by atomic mass is 15.2. The van der Waals surface area contributed by atoms with Crippen molar-refractivity contribution < 1.29 is 0 Å². The Labute approximate surface area is 358 Å². The number of fused-ring (bicyclic) bond motifs is 8. The highest BCUT2D eigenvalue weighted by Gasteiger charge is 2.36. The normalized spacial score (nSPS) is 14.8. The summed E-state index contributed by atoms with van der Waals surface area (Å²) in [5.74, 6) is 0. The molecule has 0 N–H and O–H groups in total. The first-order valence-corrected chi connectivity index (χ1v) is 21.8. The third-order valence-electron chi connectivity index (χ3n) is 13.8. The van der Waals surface area contributed by atoms with Gasteiger partial charge in [0.25, 0.3) is 0 Å². The van der Waals surface area contributed by atoms with Gasteiger partial charge in [-0.1, -0.05) is 159 Å². The van der Waals surface area contributed by atoms with Crippen LogP contribution in [0, 0.1) is 0 Å². The van der Waals surface area contributed by atoms with Crippen LogP contribution in [0.3, 0.4) is 0 Å². The van der Waals surface area contributed by atoms with Crippen molar-refractivity contribution >= 4 is 62.1 Å². The first-order chi connectivity index (χ1) is 30.0. The van der Waals surface area contributed by atoms with Crippen molar-refractivity contribution in [2.24, 2.45) is 0 Å². The largest absolute Gasteiger partial charge is 0.341 e. The van der Waals surface area contributed by atoms with E-state index in [1.165, 1.54) is 118 Å². The van der Waals surface area contributed by atoms with Gasteiger partial charge in [0.15, 0.2) is 0 Å². The van der Waals surface area contributed by atoms with Gasteiger partial charge in [-0.05, 0) is 144 Å². The van der Waals surface area contributed by atoms with E-state index in [1.807, 2.05) is 0 Å². The molecule has 0 saturated carbocycles. The SMILES string of the molecule is CC1(C)c2cc(/C=C/c3ccc(-c4ccc5cc(N6c7ccccc7Cc7ccccc76)ccc5c4)c4ccccc34)ccc2-c2ccc(N3CCCc4ccccc43)cc21. The molecular formula is C59H46N2. The summed E-state index contributed by atoms with van der Waals surface area (Å²) in [7, 11) is 0. The number of hydrogen-bond donors (Lipinski definition) is 0. The lowest BCUT2D eigenvalue weighted by molar-refractivity contribution is 0.659. The van der Waals surface area contributed by atoms with Crippen molar-refractivity contribution in [2.45, 2.75) is 38.5 Å². The minimum atomic E-state index is -0.0972. The molecule has 0 fully saturated rings. The molecule has 0 bridgehead atoms. The Balaban J connectivity index is 0.841. The molecule has 3 aliphatic rings. The fourth-order valence-electron chi connectivity index (χ4n) is 10.6. The highest BCUT2D eigenvalue weighted by molar-refractivity contribution is 6.04. The molecule has 2 heterocycles. The lowest BCUT2D eigenvalue weighted by Crippen LogP contribution is -2.25. The Morgan fingerprint density at radius 3 is 1.90 bits per heavy atom. The molecule has 0 aromatic heterocycles. The van der Waals surface area contributed by atoms with Crippen molar-refractivity contribution in [3.63, 3.8) is 0 Å². The maximum atomic E-state index is 2.52. The van der Waals surface area contributed by atoms with Crippen molar-refractivity contribution in [1.29, 1.82) is 0 Å². The molecule has 2 aliphatic heterocycles. The molecule has 0 unspecified atom stereocenters. The molecule has 292 valence electrons. The molecule has 2 heteroatoms.